The van der Waals surface area contributed by atoms with Gasteiger partial charge in [-0.15, -0.1) is 0 Å². The molecule has 0 saturated heterocycles. The van der Waals surface area contributed by atoms with E-state index < -0.39 is 0 Å². The largest absolute Gasteiger partial charge is 0.486 e. The summed E-state index contributed by atoms with van der Waals surface area (Å²) >= 11 is 0. The highest BCUT2D eigenvalue weighted by molar-refractivity contribution is 5.78. The van der Waals surface area contributed by atoms with E-state index in [2.05, 4.69) is 5.32 Å². The Morgan fingerprint density at radius 2 is 1.96 bits per heavy atom. The highest BCUT2D eigenvalue weighted by Gasteiger charge is 2.10. The molecule has 130 valence electrons. The first-order valence-electron chi connectivity index (χ1n) is 8.28. The van der Waals surface area contributed by atoms with Gasteiger partial charge in [0.2, 0.25) is 5.91 Å². The van der Waals surface area contributed by atoms with Gasteiger partial charge in [0.25, 0.3) is 0 Å². The first kappa shape index (κ1) is 17.0. The zero-order valence-corrected chi connectivity index (χ0v) is 13.8. The van der Waals surface area contributed by atoms with Crippen LogP contribution in [0.25, 0.3) is 6.08 Å². The van der Waals surface area contributed by atoms with Gasteiger partial charge in [0.05, 0.1) is 6.42 Å². The highest BCUT2D eigenvalue weighted by atomic mass is 19.1. The lowest BCUT2D eigenvalue weighted by Gasteiger charge is -2.18. The molecule has 0 spiro atoms. The second kappa shape index (κ2) is 8.33. The maximum absolute atomic E-state index is 13.1. The standard InChI is InChI=1S/C20H20FNO3/c21-17-6-3-5-16(12-17)14-20(23)22-9-2-1-4-15-7-8-18-19(13-15)25-11-10-24-18/h1,3-8,12-13H,2,9-11,14H2,(H,22,23)/b4-1+. The van der Waals surface area contributed by atoms with Crippen LogP contribution in [0.2, 0.25) is 0 Å². The number of amides is 1. The molecular formula is C20H20FNO3. The number of hydrogen-bond donors (Lipinski definition) is 1. The Morgan fingerprint density at radius 1 is 1.12 bits per heavy atom. The minimum Gasteiger partial charge on any atom is -0.486 e. The number of benzene rings is 2. The number of hydrogen-bond acceptors (Lipinski definition) is 3. The van der Waals surface area contributed by atoms with Crippen molar-refractivity contribution in [1.82, 2.24) is 5.32 Å². The molecule has 1 aliphatic heterocycles. The number of ether oxygens (including phenoxy) is 2. The van der Waals surface area contributed by atoms with Gasteiger partial charge in [0, 0.05) is 6.54 Å². The van der Waals surface area contributed by atoms with Crippen LogP contribution in [0.15, 0.2) is 48.5 Å². The maximum Gasteiger partial charge on any atom is 0.224 e. The summed E-state index contributed by atoms with van der Waals surface area (Å²) in [5, 5.41) is 2.83. The summed E-state index contributed by atoms with van der Waals surface area (Å²) in [5.41, 5.74) is 1.69. The molecule has 1 amide bonds. The molecule has 0 atom stereocenters. The van der Waals surface area contributed by atoms with E-state index in [1.165, 1.54) is 12.1 Å². The molecule has 0 radical (unpaired) electrons. The van der Waals surface area contributed by atoms with Gasteiger partial charge in [-0.1, -0.05) is 30.4 Å². The fraction of sp³-hybridized carbons (Fsp3) is 0.250. The number of carbonyl (C=O) groups is 1. The molecule has 1 heterocycles. The molecule has 5 heteroatoms. The third kappa shape index (κ3) is 5.08. The number of halogens is 1. The first-order valence-corrected chi connectivity index (χ1v) is 8.28. The first-order chi connectivity index (χ1) is 12.2. The molecular weight excluding hydrogens is 321 g/mol. The van der Waals surface area contributed by atoms with E-state index in [1.807, 2.05) is 30.4 Å². The lowest BCUT2D eigenvalue weighted by Crippen LogP contribution is -2.25. The lowest BCUT2D eigenvalue weighted by atomic mass is 10.1. The molecule has 0 aromatic heterocycles. The van der Waals surface area contributed by atoms with Crippen LogP contribution in [0.4, 0.5) is 4.39 Å². The average Bonchev–Trinajstić information content (AvgIpc) is 2.61. The SMILES string of the molecule is O=C(Cc1cccc(F)c1)NCC/C=C/c1ccc2c(c1)OCCO2. The Balaban J connectivity index is 1.42. The topological polar surface area (TPSA) is 47.6 Å². The fourth-order valence-electron chi connectivity index (χ4n) is 2.57. The smallest absolute Gasteiger partial charge is 0.224 e. The van der Waals surface area contributed by atoms with Crippen molar-refractivity contribution in [3.63, 3.8) is 0 Å². The summed E-state index contributed by atoms with van der Waals surface area (Å²) in [6, 6.07) is 11.9. The summed E-state index contributed by atoms with van der Waals surface area (Å²) in [4.78, 5) is 11.8. The third-order valence-corrected chi connectivity index (χ3v) is 3.76. The molecule has 0 fully saturated rings. The van der Waals surface area contributed by atoms with Crippen molar-refractivity contribution in [3.8, 4) is 11.5 Å². The maximum atomic E-state index is 13.1. The highest BCUT2D eigenvalue weighted by Crippen LogP contribution is 2.31. The Kier molecular flexibility index (Phi) is 5.67. The van der Waals surface area contributed by atoms with Gasteiger partial charge in [0.1, 0.15) is 19.0 Å². The van der Waals surface area contributed by atoms with Crippen molar-refractivity contribution in [2.45, 2.75) is 12.8 Å². The molecule has 3 rings (SSSR count). The molecule has 0 unspecified atom stereocenters. The summed E-state index contributed by atoms with van der Waals surface area (Å²) in [6.45, 7) is 1.68. The predicted molar refractivity (Wildman–Crippen MR) is 94.2 cm³/mol. The summed E-state index contributed by atoms with van der Waals surface area (Å²) in [5.74, 6) is 1.09. The van der Waals surface area contributed by atoms with Crippen molar-refractivity contribution in [2.24, 2.45) is 0 Å². The Hall–Kier alpha value is -2.82. The second-order valence-electron chi connectivity index (χ2n) is 5.75. The van der Waals surface area contributed by atoms with Crippen LogP contribution in [0.5, 0.6) is 11.5 Å². The average molecular weight is 341 g/mol. The van der Waals surface area contributed by atoms with Crippen molar-refractivity contribution in [2.75, 3.05) is 19.8 Å². The zero-order valence-electron chi connectivity index (χ0n) is 13.8. The zero-order chi connectivity index (χ0) is 17.5. The van der Waals surface area contributed by atoms with Gasteiger partial charge in [-0.2, -0.15) is 0 Å². The van der Waals surface area contributed by atoms with E-state index >= 15 is 0 Å². The van der Waals surface area contributed by atoms with Gasteiger partial charge in [-0.25, -0.2) is 4.39 Å². The van der Waals surface area contributed by atoms with Gasteiger partial charge in [0.15, 0.2) is 11.5 Å². The van der Waals surface area contributed by atoms with E-state index in [0.717, 1.165) is 17.1 Å². The van der Waals surface area contributed by atoms with Gasteiger partial charge in [-0.3, -0.25) is 4.79 Å². The van der Waals surface area contributed by atoms with Crippen molar-refractivity contribution >= 4 is 12.0 Å². The van der Waals surface area contributed by atoms with Crippen LogP contribution < -0.4 is 14.8 Å². The van der Waals surface area contributed by atoms with Crippen molar-refractivity contribution in [3.05, 3.63) is 65.5 Å². The van der Waals surface area contributed by atoms with E-state index in [-0.39, 0.29) is 18.1 Å². The minimum atomic E-state index is -0.326. The molecule has 2 aromatic carbocycles. The number of fused-ring (bicyclic) bond motifs is 1. The second-order valence-corrected chi connectivity index (χ2v) is 5.75. The summed E-state index contributed by atoms with van der Waals surface area (Å²) in [6.07, 6.45) is 4.87. The van der Waals surface area contributed by atoms with Crippen LogP contribution in [-0.2, 0) is 11.2 Å². The Bertz CT molecular complexity index is 773. The van der Waals surface area contributed by atoms with Crippen molar-refractivity contribution in [1.29, 1.82) is 0 Å². The summed E-state index contributed by atoms with van der Waals surface area (Å²) < 4.78 is 24.1. The van der Waals surface area contributed by atoms with Crippen LogP contribution in [0.1, 0.15) is 17.5 Å². The number of carbonyl (C=O) groups excluding carboxylic acids is 1. The van der Waals surface area contributed by atoms with Crippen molar-refractivity contribution < 1.29 is 18.7 Å². The molecule has 0 saturated carbocycles. The van der Waals surface area contributed by atoms with Crippen LogP contribution in [-0.4, -0.2) is 25.7 Å². The Labute approximate surface area is 146 Å². The molecule has 4 nitrogen and oxygen atoms in total. The normalized spacial score (nSPS) is 13.0. The van der Waals surface area contributed by atoms with Crippen LogP contribution in [0, 0.1) is 5.82 Å². The van der Waals surface area contributed by atoms with E-state index in [1.54, 1.807) is 12.1 Å². The van der Waals surface area contributed by atoms with E-state index in [0.29, 0.717) is 31.7 Å². The number of nitrogens with one attached hydrogen (secondary N) is 1. The third-order valence-electron chi connectivity index (χ3n) is 3.76. The molecule has 25 heavy (non-hydrogen) atoms. The van der Waals surface area contributed by atoms with Crippen LogP contribution in [0.3, 0.4) is 0 Å². The molecule has 0 bridgehead atoms. The summed E-state index contributed by atoms with van der Waals surface area (Å²) in [7, 11) is 0. The van der Waals surface area contributed by atoms with Gasteiger partial charge in [-0.05, 0) is 41.8 Å². The quantitative estimate of drug-likeness (QED) is 0.820. The van der Waals surface area contributed by atoms with Gasteiger partial charge < -0.3 is 14.8 Å². The van der Waals surface area contributed by atoms with E-state index in [4.69, 9.17) is 9.47 Å². The van der Waals surface area contributed by atoms with Gasteiger partial charge >= 0.3 is 0 Å². The van der Waals surface area contributed by atoms with Crippen LogP contribution >= 0.6 is 0 Å². The lowest BCUT2D eigenvalue weighted by molar-refractivity contribution is -0.120. The molecule has 1 aliphatic rings. The molecule has 0 aliphatic carbocycles. The van der Waals surface area contributed by atoms with E-state index in [9.17, 15) is 9.18 Å². The molecule has 2 aromatic rings. The predicted octanol–water partition coefficient (Wildman–Crippen LogP) is 3.36. The Morgan fingerprint density at radius 3 is 2.80 bits per heavy atom. The number of rotatable bonds is 6. The minimum absolute atomic E-state index is 0.113. The monoisotopic (exact) mass is 341 g/mol. The molecule has 1 N–H and O–H groups in total. The fourth-order valence-corrected chi connectivity index (χ4v) is 2.57.